The van der Waals surface area contributed by atoms with E-state index in [0.29, 0.717) is 11.4 Å². The van der Waals surface area contributed by atoms with Gasteiger partial charge in [-0.2, -0.15) is 18.3 Å². The van der Waals surface area contributed by atoms with Crippen LogP contribution in [0.1, 0.15) is 65.4 Å². The molecule has 1 saturated carbocycles. The van der Waals surface area contributed by atoms with E-state index in [9.17, 15) is 23.1 Å². The minimum absolute atomic E-state index is 0.169. The van der Waals surface area contributed by atoms with Crippen LogP contribution in [0, 0.1) is 25.2 Å². The van der Waals surface area contributed by atoms with Crippen molar-refractivity contribution in [2.24, 2.45) is 11.3 Å². The van der Waals surface area contributed by atoms with E-state index < -0.39 is 17.7 Å². The number of ether oxygens (including phenoxy) is 1. The minimum Gasteiger partial charge on any atom is -0.483 e. The van der Waals surface area contributed by atoms with Crippen molar-refractivity contribution < 1.29 is 27.8 Å². The van der Waals surface area contributed by atoms with Crippen molar-refractivity contribution in [3.63, 3.8) is 0 Å². The molecule has 1 aliphatic rings. The molecular weight excluding hydrogens is 445 g/mol. The lowest BCUT2D eigenvalue weighted by molar-refractivity contribution is -0.137. The molecule has 0 bridgehead atoms. The predicted molar refractivity (Wildman–Crippen MR) is 121 cm³/mol. The average Bonchev–Trinajstić information content (AvgIpc) is 3.20. The Labute approximate surface area is 196 Å². The number of halogens is 3. The van der Waals surface area contributed by atoms with Crippen molar-refractivity contribution in [1.29, 1.82) is 0 Å². The zero-order valence-corrected chi connectivity index (χ0v) is 19.5. The Kier molecular flexibility index (Phi) is 5.96. The van der Waals surface area contributed by atoms with Crippen molar-refractivity contribution in [3.05, 3.63) is 76.6 Å². The van der Waals surface area contributed by atoms with Gasteiger partial charge in [-0.1, -0.05) is 32.0 Å². The quantitative estimate of drug-likeness (QED) is 0.430. The van der Waals surface area contributed by atoms with Crippen LogP contribution in [0.2, 0.25) is 0 Å². The highest BCUT2D eigenvalue weighted by molar-refractivity contribution is 5.87. The minimum atomic E-state index is -4.50. The van der Waals surface area contributed by atoms with E-state index >= 15 is 0 Å². The van der Waals surface area contributed by atoms with E-state index in [1.54, 1.807) is 30.3 Å². The number of alkyl halides is 3. The number of benzene rings is 2. The smallest absolute Gasteiger partial charge is 0.419 e. The van der Waals surface area contributed by atoms with Gasteiger partial charge in [-0.3, -0.25) is 0 Å². The highest BCUT2D eigenvalue weighted by Gasteiger charge is 2.42. The summed E-state index contributed by atoms with van der Waals surface area (Å²) in [7, 11) is 0. The molecule has 1 atom stereocenters. The zero-order chi connectivity index (χ0) is 24.8. The Morgan fingerprint density at radius 2 is 1.82 bits per heavy atom. The summed E-state index contributed by atoms with van der Waals surface area (Å²) in [6, 6.07) is 10.3. The van der Waals surface area contributed by atoms with Gasteiger partial charge in [-0.05, 0) is 67.0 Å². The molecule has 1 heterocycles. The third-order valence-electron chi connectivity index (χ3n) is 6.35. The molecule has 1 aliphatic carbocycles. The molecule has 1 N–H and O–H groups in total. The number of rotatable bonds is 6. The van der Waals surface area contributed by atoms with Crippen LogP contribution in [0.25, 0.3) is 5.69 Å². The number of hydrogen-bond acceptors (Lipinski definition) is 3. The molecule has 0 amide bonds. The normalized spacial score (nSPS) is 16.7. The monoisotopic (exact) mass is 472 g/mol. The molecule has 0 spiro atoms. The second kappa shape index (κ2) is 8.49. The molecule has 3 aromatic rings. The molecule has 8 heteroatoms. The number of nitrogens with zero attached hydrogens (tertiary/aromatic N) is 2. The second-order valence-electron chi connectivity index (χ2n) is 9.90. The van der Waals surface area contributed by atoms with Crippen molar-refractivity contribution in [2.45, 2.75) is 52.8 Å². The Bertz CT molecular complexity index is 1210. The van der Waals surface area contributed by atoms with Gasteiger partial charge >= 0.3 is 12.1 Å². The van der Waals surface area contributed by atoms with Gasteiger partial charge in [-0.15, -0.1) is 0 Å². The first-order valence-electron chi connectivity index (χ1n) is 11.1. The average molecular weight is 473 g/mol. The van der Waals surface area contributed by atoms with Gasteiger partial charge in [-0.25, -0.2) is 9.48 Å². The molecule has 1 unspecified atom stereocenters. The summed E-state index contributed by atoms with van der Waals surface area (Å²) in [6.07, 6.45) is -1.28. The van der Waals surface area contributed by atoms with Crippen LogP contribution in [0.4, 0.5) is 13.2 Å². The summed E-state index contributed by atoms with van der Waals surface area (Å²) >= 11 is 0. The van der Waals surface area contributed by atoms with Gasteiger partial charge < -0.3 is 9.84 Å². The molecule has 1 aromatic heterocycles. The molecule has 0 aliphatic heterocycles. The topological polar surface area (TPSA) is 64.4 Å². The Morgan fingerprint density at radius 1 is 1.18 bits per heavy atom. The molecule has 180 valence electrons. The van der Waals surface area contributed by atoms with Gasteiger partial charge in [0.05, 0.1) is 17.3 Å². The lowest BCUT2D eigenvalue weighted by atomic mass is 9.62. The summed E-state index contributed by atoms with van der Waals surface area (Å²) in [5, 5.41) is 13.2. The molecule has 0 saturated heterocycles. The van der Waals surface area contributed by atoms with Crippen LogP contribution >= 0.6 is 0 Å². The fraction of sp³-hybridized carbons (Fsp3) is 0.385. The third kappa shape index (κ3) is 4.81. The van der Waals surface area contributed by atoms with Crippen LogP contribution < -0.4 is 4.74 Å². The van der Waals surface area contributed by atoms with E-state index in [2.05, 4.69) is 18.9 Å². The largest absolute Gasteiger partial charge is 0.483 e. The van der Waals surface area contributed by atoms with E-state index in [-0.39, 0.29) is 23.0 Å². The van der Waals surface area contributed by atoms with Gasteiger partial charge in [0.2, 0.25) is 0 Å². The summed E-state index contributed by atoms with van der Waals surface area (Å²) in [4.78, 5) is 11.3. The van der Waals surface area contributed by atoms with Gasteiger partial charge in [0, 0.05) is 12.1 Å². The summed E-state index contributed by atoms with van der Waals surface area (Å²) in [5.41, 5.74) is 2.44. The van der Waals surface area contributed by atoms with Gasteiger partial charge in [0.1, 0.15) is 17.5 Å². The highest BCUT2D eigenvalue weighted by Crippen LogP contribution is 2.52. The molecule has 4 rings (SSSR count). The first kappa shape index (κ1) is 23.9. The van der Waals surface area contributed by atoms with Crippen LogP contribution in [-0.4, -0.2) is 20.9 Å². The third-order valence-corrected chi connectivity index (χ3v) is 6.35. The van der Waals surface area contributed by atoms with E-state index in [1.165, 1.54) is 4.68 Å². The number of aromatic nitrogens is 2. The molecule has 0 radical (unpaired) electrons. The highest BCUT2D eigenvalue weighted by atomic mass is 19.4. The number of carbonyl (C=O) groups is 1. The first-order valence-corrected chi connectivity index (χ1v) is 11.1. The van der Waals surface area contributed by atoms with Crippen LogP contribution in [0.3, 0.4) is 0 Å². The van der Waals surface area contributed by atoms with Crippen LogP contribution in [0.15, 0.2) is 48.8 Å². The zero-order valence-electron chi connectivity index (χ0n) is 19.5. The number of hydrogen-bond donors (Lipinski definition) is 1. The van der Waals surface area contributed by atoms with E-state index in [0.717, 1.165) is 41.9 Å². The molecule has 5 nitrogen and oxygen atoms in total. The molecule has 34 heavy (non-hydrogen) atoms. The Balaban J connectivity index is 1.75. The SMILES string of the molecule is Cc1cc(C)c(-n2cc(C(F)(F)F)cn2)c(OC(c2ccc(C(=O)O)cc2)C2CC(C)(C)C2)c1. The maximum atomic E-state index is 13.2. The molecular formula is C26H27F3N2O3. The van der Waals surface area contributed by atoms with Crippen LogP contribution in [-0.2, 0) is 6.18 Å². The van der Waals surface area contributed by atoms with Crippen LogP contribution in [0.5, 0.6) is 5.75 Å². The first-order chi connectivity index (χ1) is 15.8. The lowest BCUT2D eigenvalue weighted by Crippen LogP contribution is -2.37. The predicted octanol–water partition coefficient (Wildman–Crippen LogP) is 6.76. The van der Waals surface area contributed by atoms with Crippen molar-refractivity contribution in [2.75, 3.05) is 0 Å². The Hall–Kier alpha value is -3.29. The Morgan fingerprint density at radius 3 is 2.35 bits per heavy atom. The number of carboxylic acid groups (broad SMARTS) is 1. The molecule has 1 fully saturated rings. The fourth-order valence-electron chi connectivity index (χ4n) is 4.86. The summed E-state index contributed by atoms with van der Waals surface area (Å²) < 4.78 is 47.4. The fourth-order valence-corrected chi connectivity index (χ4v) is 4.86. The second-order valence-corrected chi connectivity index (χ2v) is 9.90. The van der Waals surface area contributed by atoms with Crippen molar-refractivity contribution in [1.82, 2.24) is 9.78 Å². The number of aryl methyl sites for hydroxylation is 2. The maximum Gasteiger partial charge on any atom is 0.419 e. The summed E-state index contributed by atoms with van der Waals surface area (Å²) in [5.74, 6) is -0.390. The molecule has 2 aromatic carbocycles. The van der Waals surface area contributed by atoms with E-state index in [4.69, 9.17) is 4.74 Å². The summed E-state index contributed by atoms with van der Waals surface area (Å²) in [6.45, 7) is 8.07. The standard InChI is InChI=1S/C26H27F3N2O3/c1-15-9-16(2)22(31-14-20(13-30-31)26(27,28)29)21(10-15)34-23(19-11-25(3,4)12-19)17-5-7-18(8-6-17)24(32)33/h5-10,13-14,19,23H,11-12H2,1-4H3,(H,32,33). The maximum absolute atomic E-state index is 13.2. The van der Waals surface area contributed by atoms with Crippen molar-refractivity contribution >= 4 is 5.97 Å². The number of aromatic carboxylic acids is 1. The van der Waals surface area contributed by atoms with Gasteiger partial charge in [0.15, 0.2) is 0 Å². The van der Waals surface area contributed by atoms with E-state index in [1.807, 2.05) is 19.9 Å². The van der Waals surface area contributed by atoms with Crippen molar-refractivity contribution in [3.8, 4) is 11.4 Å². The lowest BCUT2D eigenvalue weighted by Gasteiger charge is -2.46. The van der Waals surface area contributed by atoms with Gasteiger partial charge in [0.25, 0.3) is 0 Å². The number of carboxylic acids is 1.